The van der Waals surface area contributed by atoms with Gasteiger partial charge in [-0.15, -0.1) is 0 Å². The molecular formula is C37H43N4O5+. The van der Waals surface area contributed by atoms with Crippen molar-refractivity contribution in [1.82, 2.24) is 0 Å². The Morgan fingerprint density at radius 2 is 2.04 bits per heavy atom. The summed E-state index contributed by atoms with van der Waals surface area (Å²) in [6.07, 6.45) is 9.56. The number of aliphatic hydroxyl groups excluding tert-OH is 2. The van der Waals surface area contributed by atoms with E-state index in [0.29, 0.717) is 50.8 Å². The molecule has 2 bridgehead atoms. The van der Waals surface area contributed by atoms with Crippen molar-refractivity contribution in [2.45, 2.75) is 95.7 Å². The minimum atomic E-state index is -0.992. The van der Waals surface area contributed by atoms with E-state index in [1.54, 1.807) is 18.2 Å². The number of benzene rings is 2. The number of aromatic hydroxyl groups is 1. The Hall–Kier alpha value is -4.07. The van der Waals surface area contributed by atoms with Gasteiger partial charge >= 0.3 is 0 Å². The lowest BCUT2D eigenvalue weighted by atomic mass is 9.85. The number of ether oxygens (including phenoxy) is 1. The molecule has 2 aromatic rings. The number of allylic oxidation sites excluding steroid dienone is 1. The first kappa shape index (κ1) is 31.9. The number of phenolic OH excluding ortho intramolecular Hbond substituents is 1. The van der Waals surface area contributed by atoms with Gasteiger partial charge in [0, 0.05) is 43.7 Å². The van der Waals surface area contributed by atoms with Crippen molar-refractivity contribution in [3.05, 3.63) is 81.2 Å². The van der Waals surface area contributed by atoms with Gasteiger partial charge in [0.2, 0.25) is 6.23 Å². The fourth-order valence-corrected chi connectivity index (χ4v) is 6.74. The maximum Gasteiger partial charge on any atom is 0.247 e. The van der Waals surface area contributed by atoms with Crippen LogP contribution in [0.2, 0.25) is 0 Å². The SMILES string of the molecule is CCCCC[C@@H](O)CC(=O)CCc1ccc(O)c(O[C@H]2CC#C[C@@H](O)c3ccc4c(c3CC3=C5C[NH+]2C=C5N=C3)CC=N[C@@H]4N)c1. The van der Waals surface area contributed by atoms with Gasteiger partial charge in [-0.2, -0.15) is 0 Å². The van der Waals surface area contributed by atoms with Gasteiger partial charge < -0.3 is 25.8 Å². The number of ketones is 1. The normalized spacial score (nSPS) is 23.4. The quantitative estimate of drug-likeness (QED) is 0.192. The number of hydrogen-bond donors (Lipinski definition) is 5. The predicted octanol–water partition coefficient (Wildman–Crippen LogP) is 3.32. The van der Waals surface area contributed by atoms with E-state index in [1.165, 1.54) is 0 Å². The second-order valence-electron chi connectivity index (χ2n) is 12.6. The van der Waals surface area contributed by atoms with Gasteiger partial charge in [0.05, 0.1) is 6.10 Å². The molecule has 0 saturated heterocycles. The number of aliphatic hydroxyl groups is 2. The van der Waals surface area contributed by atoms with Crippen LogP contribution in [0, 0.1) is 11.8 Å². The van der Waals surface area contributed by atoms with Gasteiger partial charge in [-0.1, -0.05) is 56.2 Å². The van der Waals surface area contributed by atoms with Crippen molar-refractivity contribution >= 4 is 18.2 Å². The summed E-state index contributed by atoms with van der Waals surface area (Å²) in [7, 11) is 0. The average Bonchev–Trinajstić information content (AvgIpc) is 3.62. The van der Waals surface area contributed by atoms with E-state index in [4.69, 9.17) is 15.5 Å². The van der Waals surface area contributed by atoms with Crippen LogP contribution < -0.4 is 15.4 Å². The molecule has 240 valence electrons. The lowest BCUT2D eigenvalue weighted by molar-refractivity contribution is -0.885. The Kier molecular flexibility index (Phi) is 9.81. The van der Waals surface area contributed by atoms with Gasteiger partial charge in [-0.3, -0.25) is 19.7 Å². The number of nitrogens with one attached hydrogen (secondary N) is 1. The predicted molar refractivity (Wildman–Crippen MR) is 177 cm³/mol. The molecule has 4 heterocycles. The molecule has 0 radical (unpaired) electrons. The number of unbranched alkanes of at least 4 members (excludes halogenated alkanes) is 2. The van der Waals surface area contributed by atoms with Crippen LogP contribution in [-0.4, -0.2) is 52.4 Å². The van der Waals surface area contributed by atoms with Crippen molar-refractivity contribution in [2.75, 3.05) is 6.54 Å². The molecule has 0 amide bonds. The highest BCUT2D eigenvalue weighted by Gasteiger charge is 2.36. The molecule has 46 heavy (non-hydrogen) atoms. The minimum Gasteiger partial charge on any atom is -0.504 e. The second kappa shape index (κ2) is 14.1. The molecule has 4 aliphatic rings. The highest BCUT2D eigenvalue weighted by atomic mass is 16.5. The molecule has 5 atom stereocenters. The third kappa shape index (κ3) is 7.01. The zero-order valence-electron chi connectivity index (χ0n) is 26.3. The first-order valence-electron chi connectivity index (χ1n) is 16.4. The van der Waals surface area contributed by atoms with E-state index in [2.05, 4.69) is 30.0 Å². The molecule has 0 spiro atoms. The van der Waals surface area contributed by atoms with Crippen LogP contribution in [0.3, 0.4) is 0 Å². The number of rotatable bonds is 11. The summed E-state index contributed by atoms with van der Waals surface area (Å²) < 4.78 is 6.44. The van der Waals surface area contributed by atoms with Gasteiger partial charge in [0.15, 0.2) is 11.5 Å². The first-order chi connectivity index (χ1) is 22.3. The van der Waals surface area contributed by atoms with E-state index in [-0.39, 0.29) is 18.0 Å². The fourth-order valence-electron chi connectivity index (χ4n) is 6.74. The van der Waals surface area contributed by atoms with Gasteiger partial charge in [-0.05, 0) is 58.4 Å². The summed E-state index contributed by atoms with van der Waals surface area (Å²) in [5, 5.41) is 32.2. The molecule has 2 aromatic carbocycles. The highest BCUT2D eigenvalue weighted by Crippen LogP contribution is 2.35. The Bertz CT molecular complexity index is 1680. The van der Waals surface area contributed by atoms with Crippen molar-refractivity contribution in [3.63, 3.8) is 0 Å². The van der Waals surface area contributed by atoms with Crippen molar-refractivity contribution < 1.29 is 29.8 Å². The molecular weight excluding hydrogens is 580 g/mol. The Labute approximate surface area is 270 Å². The largest absolute Gasteiger partial charge is 0.504 e. The number of phenols is 1. The van der Waals surface area contributed by atoms with E-state index in [9.17, 15) is 20.1 Å². The Morgan fingerprint density at radius 3 is 2.89 bits per heavy atom. The number of quaternary nitrogens is 1. The van der Waals surface area contributed by atoms with Crippen LogP contribution in [0.15, 0.2) is 63.4 Å². The number of fused-ring (bicyclic) bond motifs is 4. The average molecular weight is 624 g/mol. The fraction of sp³-hybridized carbons (Fsp3) is 0.432. The third-order valence-electron chi connectivity index (χ3n) is 9.33. The van der Waals surface area contributed by atoms with Gasteiger partial charge in [-0.25, -0.2) is 0 Å². The van der Waals surface area contributed by atoms with Crippen LogP contribution in [0.25, 0.3) is 0 Å². The molecule has 0 aromatic heterocycles. The number of carbonyl (C=O) groups is 1. The highest BCUT2D eigenvalue weighted by molar-refractivity contribution is 5.87. The van der Waals surface area contributed by atoms with Gasteiger partial charge in [0.25, 0.3) is 0 Å². The third-order valence-corrected chi connectivity index (χ3v) is 9.33. The molecule has 0 aliphatic carbocycles. The zero-order chi connectivity index (χ0) is 32.2. The molecule has 6 rings (SSSR count). The van der Waals surface area contributed by atoms with Crippen LogP contribution in [-0.2, 0) is 24.1 Å². The van der Waals surface area contributed by atoms with Gasteiger partial charge in [0.1, 0.15) is 42.9 Å². The van der Waals surface area contributed by atoms with Crippen LogP contribution in [0.1, 0.15) is 92.0 Å². The monoisotopic (exact) mass is 623 g/mol. The molecule has 9 nitrogen and oxygen atoms in total. The molecule has 1 unspecified atom stereocenters. The van der Waals surface area contributed by atoms with Crippen molar-refractivity contribution in [2.24, 2.45) is 15.7 Å². The number of aliphatic imine (C=N–C) groups is 2. The summed E-state index contributed by atoms with van der Waals surface area (Å²) in [6.45, 7) is 2.77. The number of Topliss-reactive ketones (excluding diaryl/α,β-unsaturated/α-hetero) is 1. The topological polar surface area (TPSA) is 142 Å². The molecule has 4 aliphatic heterocycles. The van der Waals surface area contributed by atoms with E-state index in [1.807, 2.05) is 24.6 Å². The maximum absolute atomic E-state index is 12.5. The summed E-state index contributed by atoms with van der Waals surface area (Å²) in [4.78, 5) is 22.6. The van der Waals surface area contributed by atoms with E-state index >= 15 is 0 Å². The minimum absolute atomic E-state index is 0.00495. The number of carbonyl (C=O) groups excluding carboxylic acids is 1. The van der Waals surface area contributed by atoms with Crippen LogP contribution in [0.4, 0.5) is 0 Å². The van der Waals surface area contributed by atoms with E-state index < -0.39 is 24.6 Å². The van der Waals surface area contributed by atoms with Crippen LogP contribution in [0.5, 0.6) is 11.5 Å². The number of nitrogens with zero attached hydrogens (tertiary/aromatic N) is 2. The molecule has 6 N–H and O–H groups in total. The Balaban J connectivity index is 1.21. The van der Waals surface area contributed by atoms with Crippen molar-refractivity contribution in [3.8, 4) is 23.3 Å². The first-order valence-corrected chi connectivity index (χ1v) is 16.4. The van der Waals surface area contributed by atoms with E-state index in [0.717, 1.165) is 68.8 Å². The van der Waals surface area contributed by atoms with Crippen molar-refractivity contribution in [1.29, 1.82) is 0 Å². The number of aryl methyl sites for hydroxylation is 1. The maximum atomic E-state index is 12.5. The summed E-state index contributed by atoms with van der Waals surface area (Å²) in [5.74, 6) is 6.55. The second-order valence-corrected chi connectivity index (χ2v) is 12.6. The lowest BCUT2D eigenvalue weighted by Crippen LogP contribution is -3.11. The smallest absolute Gasteiger partial charge is 0.247 e. The Morgan fingerprint density at radius 1 is 1.20 bits per heavy atom. The summed E-state index contributed by atoms with van der Waals surface area (Å²) in [6, 6.07) is 9.02. The van der Waals surface area contributed by atoms with Crippen LogP contribution >= 0.6 is 0 Å². The number of nitrogens with two attached hydrogens (primary N) is 1. The lowest BCUT2D eigenvalue weighted by Gasteiger charge is -2.25. The summed E-state index contributed by atoms with van der Waals surface area (Å²) >= 11 is 0. The molecule has 9 heteroatoms. The standard InChI is InChI=1S/C37H42N4O5/c1-2-3-4-6-25(42)19-26(43)11-9-23-10-14-34(45)35(17-23)46-36-8-5-7-33(44)28-12-13-29-27(15-16-39-37(29)38)30(28)18-24-20-40-32-22-41(36)21-31(24)32/h10,12-14,16-17,20,22,25,33,36-37,42,44-45H,2-4,6,8-9,11,15,18-19,21,38H2,1H3/p+1/t25-,33-,36+,37+/m1/s1. The number of hydrogen-bond acceptors (Lipinski definition) is 8. The molecule has 0 saturated carbocycles. The zero-order valence-corrected chi connectivity index (χ0v) is 26.3. The molecule has 0 fully saturated rings. The summed E-state index contributed by atoms with van der Waals surface area (Å²) in [5.41, 5.74) is 14.2.